The first-order valence-electron chi connectivity index (χ1n) is 6.78. The molecule has 1 amide bonds. The minimum Gasteiger partial charge on any atom is -0.491 e. The molecule has 0 aliphatic carbocycles. The summed E-state index contributed by atoms with van der Waals surface area (Å²) in [5.74, 6) is 0.524. The molecule has 1 aliphatic heterocycles. The van der Waals surface area contributed by atoms with Crippen molar-refractivity contribution in [2.24, 2.45) is 5.14 Å². The fraction of sp³-hybridized carbons (Fsp3) is 0.500. The largest absolute Gasteiger partial charge is 0.491 e. The van der Waals surface area contributed by atoms with Crippen LogP contribution in [0.25, 0.3) is 0 Å². The average Bonchev–Trinajstić information content (AvgIpc) is 2.80. The van der Waals surface area contributed by atoms with Crippen LogP contribution in [0.15, 0.2) is 24.3 Å². The molecule has 0 radical (unpaired) electrons. The molecular formula is C14H20N2O4S. The predicted molar refractivity (Wildman–Crippen MR) is 79.4 cm³/mol. The Morgan fingerprint density at radius 3 is 2.52 bits per heavy atom. The summed E-state index contributed by atoms with van der Waals surface area (Å²) in [6.07, 6.45) is -0.0479. The van der Waals surface area contributed by atoms with Crippen molar-refractivity contribution < 1.29 is 17.9 Å². The van der Waals surface area contributed by atoms with Crippen LogP contribution in [0.2, 0.25) is 0 Å². The molecule has 116 valence electrons. The summed E-state index contributed by atoms with van der Waals surface area (Å²) in [5, 5.41) is 4.29. The van der Waals surface area contributed by atoms with Crippen molar-refractivity contribution >= 4 is 15.9 Å². The molecule has 2 rings (SSSR count). The van der Waals surface area contributed by atoms with Crippen LogP contribution in [0.3, 0.4) is 0 Å². The van der Waals surface area contributed by atoms with Crippen LogP contribution in [0.4, 0.5) is 0 Å². The van der Waals surface area contributed by atoms with E-state index in [9.17, 15) is 13.2 Å². The van der Waals surface area contributed by atoms with Gasteiger partial charge in [0.1, 0.15) is 17.6 Å². The first kappa shape index (κ1) is 15.8. The summed E-state index contributed by atoms with van der Waals surface area (Å²) in [4.78, 5) is 13.4. The number of aryl methyl sites for hydroxylation is 1. The van der Waals surface area contributed by atoms with Crippen LogP contribution in [-0.2, 0) is 14.8 Å². The summed E-state index contributed by atoms with van der Waals surface area (Å²) >= 11 is 0. The summed E-state index contributed by atoms with van der Waals surface area (Å²) in [5.41, 5.74) is 1.14. The fourth-order valence-electron chi connectivity index (χ4n) is 2.28. The van der Waals surface area contributed by atoms with Gasteiger partial charge in [0.25, 0.3) is 0 Å². The second-order valence-corrected chi connectivity index (χ2v) is 7.28. The van der Waals surface area contributed by atoms with Crippen LogP contribution in [0.1, 0.15) is 18.9 Å². The van der Waals surface area contributed by atoms with Gasteiger partial charge in [0.15, 0.2) is 0 Å². The van der Waals surface area contributed by atoms with Crippen molar-refractivity contribution in [2.45, 2.75) is 31.6 Å². The number of benzene rings is 1. The molecule has 1 heterocycles. The molecule has 0 saturated carbocycles. The van der Waals surface area contributed by atoms with Gasteiger partial charge in [-0.2, -0.15) is 0 Å². The smallest absolute Gasteiger partial charge is 0.224 e. The van der Waals surface area contributed by atoms with Crippen molar-refractivity contribution in [1.29, 1.82) is 0 Å². The Bertz CT molecular complexity index is 612. The maximum atomic E-state index is 11.9. The summed E-state index contributed by atoms with van der Waals surface area (Å²) < 4.78 is 28.3. The predicted octanol–water partition coefficient (Wildman–Crippen LogP) is 0.652. The number of nitrogens with two attached hydrogens (primary N) is 1. The maximum absolute atomic E-state index is 11.9. The lowest BCUT2D eigenvalue weighted by atomic mass is 10.2. The zero-order valence-corrected chi connectivity index (χ0v) is 13.0. The maximum Gasteiger partial charge on any atom is 0.224 e. The molecule has 2 unspecified atom stereocenters. The van der Waals surface area contributed by atoms with Gasteiger partial charge in [0.2, 0.25) is 15.9 Å². The van der Waals surface area contributed by atoms with Gasteiger partial charge in [-0.25, -0.2) is 13.6 Å². The number of likely N-dealkylation sites (tertiary alicyclic amines) is 1. The quantitative estimate of drug-likeness (QED) is 0.864. The first-order chi connectivity index (χ1) is 9.77. The van der Waals surface area contributed by atoms with E-state index in [1.165, 1.54) is 4.90 Å². The van der Waals surface area contributed by atoms with Crippen LogP contribution in [0.5, 0.6) is 5.75 Å². The number of amides is 1. The average molecular weight is 312 g/mol. The summed E-state index contributed by atoms with van der Waals surface area (Å²) in [6, 6.07) is 7.41. The zero-order valence-electron chi connectivity index (χ0n) is 12.2. The Balaban J connectivity index is 1.93. The standard InChI is InChI=1S/C14H20N2O4S/c1-10-3-5-12(6-4-10)20-9-11(2)16-8-13(7-14(16)17)21(15,18)19/h3-6,11,13H,7-9H2,1-2H3,(H2,15,18,19). The van der Waals surface area contributed by atoms with E-state index in [-0.39, 0.29) is 24.9 Å². The van der Waals surface area contributed by atoms with Crippen molar-refractivity contribution in [2.75, 3.05) is 13.2 Å². The lowest BCUT2D eigenvalue weighted by molar-refractivity contribution is -0.129. The zero-order chi connectivity index (χ0) is 15.6. The number of hydrogen-bond donors (Lipinski definition) is 1. The van der Waals surface area contributed by atoms with Gasteiger partial charge in [0.05, 0.1) is 6.04 Å². The van der Waals surface area contributed by atoms with Crippen molar-refractivity contribution in [3.05, 3.63) is 29.8 Å². The van der Waals surface area contributed by atoms with Crippen molar-refractivity contribution in [1.82, 2.24) is 4.90 Å². The molecule has 0 aromatic heterocycles. The van der Waals surface area contributed by atoms with Gasteiger partial charge in [-0.1, -0.05) is 17.7 Å². The Labute approximate surface area is 124 Å². The topological polar surface area (TPSA) is 89.7 Å². The van der Waals surface area contributed by atoms with E-state index >= 15 is 0 Å². The van der Waals surface area contributed by atoms with Gasteiger partial charge < -0.3 is 9.64 Å². The minimum absolute atomic E-state index is 0.0479. The van der Waals surface area contributed by atoms with Crippen molar-refractivity contribution in [3.8, 4) is 5.75 Å². The van der Waals surface area contributed by atoms with Gasteiger partial charge in [-0.3, -0.25) is 4.79 Å². The fourth-order valence-corrected chi connectivity index (χ4v) is 3.03. The third-order valence-corrected chi connectivity index (χ3v) is 4.88. The number of hydrogen-bond acceptors (Lipinski definition) is 4. The summed E-state index contributed by atoms with van der Waals surface area (Å²) in [7, 11) is -3.68. The van der Waals surface area contributed by atoms with E-state index in [4.69, 9.17) is 9.88 Å². The Kier molecular flexibility index (Phi) is 4.53. The molecule has 0 spiro atoms. The molecule has 1 aromatic carbocycles. The van der Waals surface area contributed by atoms with E-state index in [1.54, 1.807) is 0 Å². The summed E-state index contributed by atoms with van der Waals surface area (Å²) in [6.45, 7) is 4.27. The number of primary sulfonamides is 1. The van der Waals surface area contributed by atoms with E-state index in [1.807, 2.05) is 38.1 Å². The number of nitrogens with zero attached hydrogens (tertiary/aromatic N) is 1. The third-order valence-electron chi connectivity index (χ3n) is 3.63. The molecule has 1 aromatic rings. The monoisotopic (exact) mass is 312 g/mol. The molecule has 1 saturated heterocycles. The lowest BCUT2D eigenvalue weighted by Crippen LogP contribution is -2.40. The van der Waals surface area contributed by atoms with E-state index in [2.05, 4.69) is 0 Å². The minimum atomic E-state index is -3.68. The molecule has 21 heavy (non-hydrogen) atoms. The Morgan fingerprint density at radius 1 is 1.38 bits per heavy atom. The Morgan fingerprint density at radius 2 is 2.00 bits per heavy atom. The molecule has 2 atom stereocenters. The molecular weight excluding hydrogens is 292 g/mol. The number of rotatable bonds is 5. The van der Waals surface area contributed by atoms with Gasteiger partial charge in [0, 0.05) is 13.0 Å². The highest BCUT2D eigenvalue weighted by Gasteiger charge is 2.38. The van der Waals surface area contributed by atoms with Gasteiger partial charge in [-0.05, 0) is 26.0 Å². The van der Waals surface area contributed by atoms with Crippen LogP contribution < -0.4 is 9.88 Å². The molecule has 7 heteroatoms. The first-order valence-corrected chi connectivity index (χ1v) is 8.39. The highest BCUT2D eigenvalue weighted by molar-refractivity contribution is 7.89. The highest BCUT2D eigenvalue weighted by atomic mass is 32.2. The number of sulfonamides is 1. The van der Waals surface area contributed by atoms with Crippen LogP contribution >= 0.6 is 0 Å². The van der Waals surface area contributed by atoms with Crippen LogP contribution in [0, 0.1) is 6.92 Å². The third kappa shape index (κ3) is 3.95. The number of carbonyl (C=O) groups is 1. The second-order valence-electron chi connectivity index (χ2n) is 5.43. The molecule has 6 nitrogen and oxygen atoms in total. The highest BCUT2D eigenvalue weighted by Crippen LogP contribution is 2.20. The van der Waals surface area contributed by atoms with E-state index in [0.29, 0.717) is 6.61 Å². The SMILES string of the molecule is Cc1ccc(OCC(C)N2CC(S(N)(=O)=O)CC2=O)cc1. The normalized spacial score (nSPS) is 20.6. The van der Waals surface area contributed by atoms with Gasteiger partial charge in [-0.15, -0.1) is 0 Å². The van der Waals surface area contributed by atoms with Gasteiger partial charge >= 0.3 is 0 Å². The molecule has 2 N–H and O–H groups in total. The second kappa shape index (κ2) is 6.03. The van der Waals surface area contributed by atoms with Crippen LogP contribution in [-0.4, -0.2) is 43.7 Å². The lowest BCUT2D eigenvalue weighted by Gasteiger charge is -2.24. The van der Waals surface area contributed by atoms with Crippen molar-refractivity contribution in [3.63, 3.8) is 0 Å². The Hall–Kier alpha value is -1.60. The van der Waals surface area contributed by atoms with E-state index in [0.717, 1.165) is 11.3 Å². The molecule has 1 aliphatic rings. The molecule has 0 bridgehead atoms. The molecule has 1 fully saturated rings. The van der Waals surface area contributed by atoms with E-state index < -0.39 is 15.3 Å². The number of ether oxygens (including phenoxy) is 1. The number of carbonyl (C=O) groups excluding carboxylic acids is 1.